The van der Waals surface area contributed by atoms with Crippen LogP contribution in [0.2, 0.25) is 0 Å². The smallest absolute Gasteiger partial charge is 0.138 e. The van der Waals surface area contributed by atoms with E-state index >= 15 is 0 Å². The van der Waals surface area contributed by atoms with E-state index in [1.165, 1.54) is 17.6 Å². The van der Waals surface area contributed by atoms with Crippen molar-refractivity contribution in [2.75, 3.05) is 0 Å². The van der Waals surface area contributed by atoms with Crippen LogP contribution in [0.1, 0.15) is 17.1 Å². The highest BCUT2D eigenvalue weighted by Crippen LogP contribution is 2.04. The monoisotopic (exact) mass is 206 g/mol. The maximum atomic E-state index is 4.17. The first kappa shape index (κ1) is 9.85. The van der Waals surface area contributed by atoms with E-state index in [0.29, 0.717) is 6.54 Å². The topological polar surface area (TPSA) is 71.4 Å². The molecule has 6 heteroatoms. The molecule has 0 aliphatic carbocycles. The van der Waals surface area contributed by atoms with Crippen LogP contribution in [0, 0.1) is 6.92 Å². The van der Waals surface area contributed by atoms with E-state index in [0.717, 1.165) is 12.4 Å². The molecule has 0 bridgehead atoms. The summed E-state index contributed by atoms with van der Waals surface area (Å²) in [7, 11) is 1.94. The second-order valence-electron chi connectivity index (χ2n) is 3.41. The molecule has 0 saturated carbocycles. The third kappa shape index (κ3) is 2.21. The van der Waals surface area contributed by atoms with Crippen LogP contribution >= 0.6 is 0 Å². The van der Waals surface area contributed by atoms with Gasteiger partial charge >= 0.3 is 0 Å². The number of H-pyrrole nitrogens is 1. The lowest BCUT2D eigenvalue weighted by Gasteiger charge is -2.01. The summed E-state index contributed by atoms with van der Waals surface area (Å²) in [6.45, 7) is 3.53. The van der Waals surface area contributed by atoms with E-state index in [9.17, 15) is 0 Å². The van der Waals surface area contributed by atoms with Gasteiger partial charge in [-0.25, -0.2) is 4.98 Å². The van der Waals surface area contributed by atoms with Crippen LogP contribution in [-0.4, -0.2) is 25.0 Å². The Kier molecular flexibility index (Phi) is 2.77. The molecule has 2 N–H and O–H groups in total. The molecule has 0 spiro atoms. The molecule has 2 aromatic rings. The van der Waals surface area contributed by atoms with E-state index in [1.54, 1.807) is 0 Å². The molecule has 0 amide bonds. The summed E-state index contributed by atoms with van der Waals surface area (Å²) in [5, 5.41) is 14.0. The van der Waals surface area contributed by atoms with Crippen molar-refractivity contribution in [1.82, 2.24) is 30.3 Å². The zero-order chi connectivity index (χ0) is 10.7. The molecule has 15 heavy (non-hydrogen) atoms. The Labute approximate surface area is 87.7 Å². The zero-order valence-electron chi connectivity index (χ0n) is 8.86. The third-order valence-electron chi connectivity index (χ3n) is 2.41. The van der Waals surface area contributed by atoms with Gasteiger partial charge in [0.2, 0.25) is 0 Å². The second-order valence-corrected chi connectivity index (χ2v) is 3.41. The number of hydrogen-bond acceptors (Lipinski definition) is 4. The Hall–Kier alpha value is -1.69. The molecular formula is C9H14N6. The molecule has 80 valence electrons. The largest absolute Gasteiger partial charge is 0.306 e. The van der Waals surface area contributed by atoms with E-state index < -0.39 is 0 Å². The molecule has 6 nitrogen and oxygen atoms in total. The number of aromatic nitrogens is 5. The molecule has 2 heterocycles. The molecule has 0 aliphatic heterocycles. The van der Waals surface area contributed by atoms with Crippen molar-refractivity contribution in [1.29, 1.82) is 0 Å². The Balaban J connectivity index is 1.86. The SMILES string of the molecule is Cc1c(CNCc2ncn[nH]2)cnn1C. The number of rotatable bonds is 4. The fourth-order valence-corrected chi connectivity index (χ4v) is 1.35. The predicted octanol–water partition coefficient (Wildman–Crippen LogP) is 0.136. The summed E-state index contributed by atoms with van der Waals surface area (Å²) < 4.78 is 1.87. The fraction of sp³-hybridized carbons (Fsp3) is 0.444. The lowest BCUT2D eigenvalue weighted by atomic mass is 10.2. The van der Waals surface area contributed by atoms with Gasteiger partial charge in [0.15, 0.2) is 0 Å². The molecule has 0 unspecified atom stereocenters. The summed E-state index contributed by atoms with van der Waals surface area (Å²) in [4.78, 5) is 4.03. The van der Waals surface area contributed by atoms with Gasteiger partial charge in [0, 0.05) is 24.8 Å². The van der Waals surface area contributed by atoms with Crippen molar-refractivity contribution < 1.29 is 0 Å². The third-order valence-corrected chi connectivity index (χ3v) is 2.41. The van der Waals surface area contributed by atoms with E-state index in [4.69, 9.17) is 0 Å². The maximum Gasteiger partial charge on any atom is 0.138 e. The number of hydrogen-bond donors (Lipinski definition) is 2. The second kappa shape index (κ2) is 4.22. The quantitative estimate of drug-likeness (QED) is 0.746. The van der Waals surface area contributed by atoms with Gasteiger partial charge in [-0.15, -0.1) is 0 Å². The first-order valence-corrected chi connectivity index (χ1v) is 4.80. The molecular weight excluding hydrogens is 192 g/mol. The van der Waals surface area contributed by atoms with Crippen molar-refractivity contribution in [3.63, 3.8) is 0 Å². The van der Waals surface area contributed by atoms with Gasteiger partial charge < -0.3 is 5.32 Å². The summed E-state index contributed by atoms with van der Waals surface area (Å²) in [6, 6.07) is 0. The Morgan fingerprint density at radius 1 is 1.47 bits per heavy atom. The Morgan fingerprint density at radius 2 is 2.33 bits per heavy atom. The maximum absolute atomic E-state index is 4.17. The average molecular weight is 206 g/mol. The summed E-state index contributed by atoms with van der Waals surface area (Å²) in [6.07, 6.45) is 3.38. The van der Waals surface area contributed by atoms with Crippen LogP contribution in [-0.2, 0) is 20.1 Å². The van der Waals surface area contributed by atoms with Crippen LogP contribution in [0.5, 0.6) is 0 Å². The van der Waals surface area contributed by atoms with Gasteiger partial charge in [0.1, 0.15) is 12.2 Å². The predicted molar refractivity (Wildman–Crippen MR) is 54.9 cm³/mol. The molecule has 0 atom stereocenters. The van der Waals surface area contributed by atoms with Gasteiger partial charge in [-0.2, -0.15) is 10.2 Å². The first-order chi connectivity index (χ1) is 7.27. The van der Waals surface area contributed by atoms with Crippen LogP contribution in [0.4, 0.5) is 0 Å². The summed E-state index contributed by atoms with van der Waals surface area (Å²) in [5.74, 6) is 0.844. The van der Waals surface area contributed by atoms with Gasteiger partial charge in [-0.3, -0.25) is 9.78 Å². The summed E-state index contributed by atoms with van der Waals surface area (Å²) >= 11 is 0. The minimum Gasteiger partial charge on any atom is -0.306 e. The van der Waals surface area contributed by atoms with Crippen LogP contribution in [0.25, 0.3) is 0 Å². The van der Waals surface area contributed by atoms with Crippen molar-refractivity contribution in [3.05, 3.63) is 29.6 Å². The number of aryl methyl sites for hydroxylation is 1. The normalized spacial score (nSPS) is 10.8. The lowest BCUT2D eigenvalue weighted by molar-refractivity contribution is 0.659. The van der Waals surface area contributed by atoms with Crippen LogP contribution < -0.4 is 5.32 Å². The lowest BCUT2D eigenvalue weighted by Crippen LogP contribution is -2.14. The van der Waals surface area contributed by atoms with Crippen LogP contribution in [0.15, 0.2) is 12.5 Å². The van der Waals surface area contributed by atoms with E-state index in [-0.39, 0.29) is 0 Å². The van der Waals surface area contributed by atoms with Gasteiger partial charge in [0.25, 0.3) is 0 Å². The first-order valence-electron chi connectivity index (χ1n) is 4.80. The summed E-state index contributed by atoms with van der Waals surface area (Å²) in [5.41, 5.74) is 2.39. The molecule has 0 saturated heterocycles. The number of nitrogens with zero attached hydrogens (tertiary/aromatic N) is 4. The highest BCUT2D eigenvalue weighted by molar-refractivity contribution is 5.15. The minimum atomic E-state index is 0.689. The van der Waals surface area contributed by atoms with Gasteiger partial charge in [0.05, 0.1) is 12.7 Å². The zero-order valence-corrected chi connectivity index (χ0v) is 8.86. The number of nitrogens with one attached hydrogen (secondary N) is 2. The van der Waals surface area contributed by atoms with Crippen molar-refractivity contribution >= 4 is 0 Å². The van der Waals surface area contributed by atoms with Crippen molar-refractivity contribution in [3.8, 4) is 0 Å². The molecule has 0 fully saturated rings. The molecule has 0 aromatic carbocycles. The Bertz CT molecular complexity index is 416. The molecule has 2 aromatic heterocycles. The van der Waals surface area contributed by atoms with Crippen LogP contribution in [0.3, 0.4) is 0 Å². The van der Waals surface area contributed by atoms with E-state index in [2.05, 4.69) is 32.5 Å². The molecule has 2 rings (SSSR count). The number of aromatic amines is 1. The van der Waals surface area contributed by atoms with Gasteiger partial charge in [-0.1, -0.05) is 0 Å². The van der Waals surface area contributed by atoms with E-state index in [1.807, 2.05) is 17.9 Å². The van der Waals surface area contributed by atoms with Gasteiger partial charge in [-0.05, 0) is 6.92 Å². The van der Waals surface area contributed by atoms with Crippen molar-refractivity contribution in [2.45, 2.75) is 20.0 Å². The fourth-order valence-electron chi connectivity index (χ4n) is 1.35. The highest BCUT2D eigenvalue weighted by atomic mass is 15.3. The Morgan fingerprint density at radius 3 is 2.93 bits per heavy atom. The molecule has 0 aliphatic rings. The molecule has 0 radical (unpaired) electrons. The average Bonchev–Trinajstić information content (AvgIpc) is 2.83. The minimum absolute atomic E-state index is 0.689. The highest BCUT2D eigenvalue weighted by Gasteiger charge is 2.03. The van der Waals surface area contributed by atoms with Crippen molar-refractivity contribution in [2.24, 2.45) is 7.05 Å². The standard InChI is InChI=1S/C9H14N6/c1-7-8(4-13-15(7)2)3-10-5-9-11-6-12-14-9/h4,6,10H,3,5H2,1-2H3,(H,11,12,14).